The summed E-state index contributed by atoms with van der Waals surface area (Å²) in [5, 5.41) is 27.5. The SMILES string of the molecule is CC(=O)C(O)[O][Al]([O]C(O)C(C)=O)[O]C(O)C(C)=O. The minimum absolute atomic E-state index is 0.778. The first-order valence-electron chi connectivity index (χ1n) is 5.17. The van der Waals surface area contributed by atoms with Crippen molar-refractivity contribution in [3.05, 3.63) is 0 Å². The van der Waals surface area contributed by atoms with Gasteiger partial charge in [-0.1, -0.05) is 0 Å². The maximum absolute atomic E-state index is 10.8. The Bertz CT molecular complexity index is 292. The third-order valence-electron chi connectivity index (χ3n) is 1.76. The average Bonchev–Trinajstić information content (AvgIpc) is 2.27. The van der Waals surface area contributed by atoms with Crippen LogP contribution in [-0.4, -0.2) is 66.7 Å². The summed E-state index contributed by atoms with van der Waals surface area (Å²) < 4.78 is 13.9. The van der Waals surface area contributed by atoms with Crippen LogP contribution in [-0.2, 0) is 25.7 Å². The zero-order valence-corrected chi connectivity index (χ0v) is 11.8. The highest BCUT2D eigenvalue weighted by Crippen LogP contribution is 2.04. The van der Waals surface area contributed by atoms with Gasteiger partial charge >= 0.3 is 15.1 Å². The van der Waals surface area contributed by atoms with Gasteiger partial charge in [0.2, 0.25) is 0 Å². The summed E-state index contributed by atoms with van der Waals surface area (Å²) in [4.78, 5) is 32.4. The second-order valence-corrected chi connectivity index (χ2v) is 4.98. The van der Waals surface area contributed by atoms with E-state index in [4.69, 9.17) is 15.3 Å². The van der Waals surface area contributed by atoms with E-state index in [1.807, 2.05) is 0 Å². The molecule has 3 unspecified atom stereocenters. The van der Waals surface area contributed by atoms with Crippen molar-refractivity contribution >= 4 is 32.5 Å². The molecule has 0 aromatic heterocycles. The van der Waals surface area contributed by atoms with Crippen molar-refractivity contribution in [2.24, 2.45) is 0 Å². The fraction of sp³-hybridized carbons (Fsp3) is 0.667. The lowest BCUT2D eigenvalue weighted by atomic mass is 10.4. The van der Waals surface area contributed by atoms with Crippen LogP contribution >= 0.6 is 0 Å². The first-order valence-corrected chi connectivity index (χ1v) is 6.58. The number of ketones is 3. The summed E-state index contributed by atoms with van der Waals surface area (Å²) in [5.41, 5.74) is 0. The predicted molar refractivity (Wildman–Crippen MR) is 59.1 cm³/mol. The Hall–Kier alpha value is -0.698. The van der Waals surface area contributed by atoms with Crippen LogP contribution in [0.4, 0.5) is 0 Å². The van der Waals surface area contributed by atoms with Crippen LogP contribution in [0.1, 0.15) is 20.8 Å². The zero-order valence-electron chi connectivity index (χ0n) is 10.6. The minimum atomic E-state index is -3.49. The van der Waals surface area contributed by atoms with Gasteiger partial charge in [-0.2, -0.15) is 0 Å². The van der Waals surface area contributed by atoms with Crippen LogP contribution in [0.5, 0.6) is 0 Å². The van der Waals surface area contributed by atoms with Gasteiger partial charge in [0.15, 0.2) is 36.2 Å². The summed E-state index contributed by atoms with van der Waals surface area (Å²) in [7, 11) is 0. The Kier molecular flexibility index (Phi) is 8.16. The van der Waals surface area contributed by atoms with E-state index >= 15 is 0 Å². The molecule has 0 radical (unpaired) electrons. The Morgan fingerprint density at radius 1 is 0.737 bits per heavy atom. The Morgan fingerprint density at radius 2 is 0.947 bits per heavy atom. The predicted octanol–water partition coefficient (Wildman–Crippen LogP) is -2.26. The van der Waals surface area contributed by atoms with E-state index in [0.29, 0.717) is 0 Å². The van der Waals surface area contributed by atoms with Crippen molar-refractivity contribution < 1.29 is 41.1 Å². The van der Waals surface area contributed by atoms with E-state index in [1.54, 1.807) is 0 Å². The molecule has 0 rings (SSSR count). The molecule has 0 bridgehead atoms. The van der Waals surface area contributed by atoms with E-state index in [9.17, 15) is 14.4 Å². The van der Waals surface area contributed by atoms with Crippen LogP contribution in [0.3, 0.4) is 0 Å². The maximum atomic E-state index is 10.8. The highest BCUT2D eigenvalue weighted by atomic mass is 27.3. The van der Waals surface area contributed by atoms with Gasteiger partial charge in [-0.25, -0.2) is 0 Å². The topological polar surface area (TPSA) is 140 Å². The molecule has 0 aliphatic heterocycles. The third kappa shape index (κ3) is 7.46. The fourth-order valence-corrected chi connectivity index (χ4v) is 2.10. The highest BCUT2D eigenvalue weighted by molar-refractivity contribution is 6.37. The number of carbonyl (C=O) groups excluding carboxylic acids is 3. The zero-order chi connectivity index (χ0) is 15.2. The van der Waals surface area contributed by atoms with Gasteiger partial charge in [-0.05, 0) is 20.8 Å². The molecule has 10 heteroatoms. The molecule has 0 spiro atoms. The standard InChI is InChI=1S/3C3H5O3.Al/c3*1-2(4)3(5)6;/h3*3,5H,1H3;/q3*-1;+3. The lowest BCUT2D eigenvalue weighted by Gasteiger charge is -2.20. The molecule has 0 heterocycles. The number of hydrogen-bond donors (Lipinski definition) is 3. The smallest absolute Gasteiger partial charge is 0.425 e. The molecule has 0 aliphatic rings. The summed E-state index contributed by atoms with van der Waals surface area (Å²) in [6, 6.07) is 0. The van der Waals surface area contributed by atoms with Crippen molar-refractivity contribution in [3.8, 4) is 0 Å². The normalized spacial score (nSPS) is 15.5. The van der Waals surface area contributed by atoms with E-state index < -0.39 is 51.4 Å². The van der Waals surface area contributed by atoms with Crippen molar-refractivity contribution in [1.29, 1.82) is 0 Å². The number of Topliss-reactive ketones (excluding diaryl/α,β-unsaturated/α-hetero) is 3. The second kappa shape index (κ2) is 8.47. The monoisotopic (exact) mass is 294 g/mol. The van der Waals surface area contributed by atoms with Crippen molar-refractivity contribution in [1.82, 2.24) is 0 Å². The first-order chi connectivity index (χ1) is 8.65. The van der Waals surface area contributed by atoms with E-state index in [2.05, 4.69) is 11.4 Å². The molecule has 9 nitrogen and oxygen atoms in total. The van der Waals surface area contributed by atoms with Crippen LogP contribution in [0.15, 0.2) is 0 Å². The van der Waals surface area contributed by atoms with Crippen molar-refractivity contribution in [2.45, 2.75) is 39.6 Å². The Labute approximate surface area is 114 Å². The van der Waals surface area contributed by atoms with Gasteiger partial charge in [0.05, 0.1) is 0 Å². The minimum Gasteiger partial charge on any atom is -0.425 e. The van der Waals surface area contributed by atoms with Gasteiger partial charge in [-0.15, -0.1) is 0 Å². The maximum Gasteiger partial charge on any atom is 0.912 e. The molecular weight excluding hydrogens is 279 g/mol. The number of rotatable bonds is 9. The van der Waals surface area contributed by atoms with Gasteiger partial charge in [0, 0.05) is 0 Å². The number of carbonyl (C=O) groups is 3. The Morgan fingerprint density at radius 3 is 1.11 bits per heavy atom. The molecule has 3 atom stereocenters. The molecule has 19 heavy (non-hydrogen) atoms. The van der Waals surface area contributed by atoms with E-state index in [0.717, 1.165) is 20.8 Å². The molecular formula is C9H15AlO9. The number of aliphatic hydroxyl groups is 3. The van der Waals surface area contributed by atoms with Crippen molar-refractivity contribution in [3.63, 3.8) is 0 Å². The number of aliphatic hydroxyl groups excluding tert-OH is 3. The molecule has 0 amide bonds. The summed E-state index contributed by atoms with van der Waals surface area (Å²) in [6.07, 6.45) is -5.72. The fourth-order valence-electron chi connectivity index (χ4n) is 0.699. The van der Waals surface area contributed by atoms with Gasteiger partial charge in [-0.3, -0.25) is 14.4 Å². The van der Waals surface area contributed by atoms with Gasteiger partial charge in [0.1, 0.15) is 0 Å². The van der Waals surface area contributed by atoms with Crippen molar-refractivity contribution in [2.75, 3.05) is 0 Å². The van der Waals surface area contributed by atoms with Gasteiger partial charge in [0.25, 0.3) is 0 Å². The van der Waals surface area contributed by atoms with Crippen LogP contribution in [0, 0.1) is 0 Å². The quantitative estimate of drug-likeness (QED) is 0.317. The van der Waals surface area contributed by atoms with E-state index in [1.165, 1.54) is 0 Å². The average molecular weight is 294 g/mol. The molecule has 108 valence electrons. The summed E-state index contributed by atoms with van der Waals surface area (Å²) in [5.74, 6) is -2.34. The van der Waals surface area contributed by atoms with Gasteiger partial charge < -0.3 is 26.7 Å². The largest absolute Gasteiger partial charge is 0.912 e. The molecule has 0 aromatic rings. The highest BCUT2D eigenvalue weighted by Gasteiger charge is 2.41. The molecule has 0 fully saturated rings. The number of hydrogen-bond acceptors (Lipinski definition) is 9. The van der Waals surface area contributed by atoms with Crippen LogP contribution in [0.25, 0.3) is 0 Å². The lowest BCUT2D eigenvalue weighted by Crippen LogP contribution is -2.43. The Balaban J connectivity index is 4.67. The van der Waals surface area contributed by atoms with Crippen LogP contribution in [0.2, 0.25) is 0 Å². The molecule has 0 saturated carbocycles. The summed E-state index contributed by atoms with van der Waals surface area (Å²) >= 11 is -3.49. The molecule has 0 aliphatic carbocycles. The third-order valence-corrected chi connectivity index (χ3v) is 3.20. The molecule has 0 saturated heterocycles. The lowest BCUT2D eigenvalue weighted by molar-refractivity contribution is -0.167. The first kappa shape index (κ1) is 18.3. The van der Waals surface area contributed by atoms with E-state index in [-0.39, 0.29) is 0 Å². The summed E-state index contributed by atoms with van der Waals surface area (Å²) in [6.45, 7) is 3.04. The molecule has 0 aromatic carbocycles. The molecule has 3 N–H and O–H groups in total. The second-order valence-electron chi connectivity index (χ2n) is 3.59. The van der Waals surface area contributed by atoms with Crippen LogP contribution < -0.4 is 0 Å².